The molecule has 0 saturated carbocycles. The second kappa shape index (κ2) is 9.35. The van der Waals surface area contributed by atoms with E-state index in [9.17, 15) is 19.8 Å². The largest absolute Gasteiger partial charge is 0.507 e. The summed E-state index contributed by atoms with van der Waals surface area (Å²) in [6.07, 6.45) is 0. The zero-order valence-corrected chi connectivity index (χ0v) is 20.4. The molecule has 1 heterocycles. The van der Waals surface area contributed by atoms with E-state index in [1.54, 1.807) is 36.4 Å². The molecule has 3 aromatic carbocycles. The molecule has 1 aliphatic heterocycles. The maximum Gasteiger partial charge on any atom is 0.300 e. The average molecular weight is 494 g/mol. The van der Waals surface area contributed by atoms with Crippen molar-refractivity contribution in [3.8, 4) is 17.2 Å². The normalized spacial score (nSPS) is 17.1. The molecule has 1 unspecified atom stereocenters. The number of aryl methyl sites for hydroxylation is 2. The van der Waals surface area contributed by atoms with Crippen molar-refractivity contribution in [2.45, 2.75) is 19.9 Å². The third-order valence-electron chi connectivity index (χ3n) is 5.95. The third kappa shape index (κ3) is 4.19. The van der Waals surface area contributed by atoms with Crippen LogP contribution < -0.4 is 14.4 Å². The number of hydrogen-bond donors (Lipinski definition) is 2. The number of rotatable bonds is 5. The molecule has 35 heavy (non-hydrogen) atoms. The quantitative estimate of drug-likeness (QED) is 0.284. The molecule has 8 heteroatoms. The van der Waals surface area contributed by atoms with Gasteiger partial charge in [-0.15, -0.1) is 0 Å². The number of ether oxygens (including phenoxy) is 2. The van der Waals surface area contributed by atoms with E-state index in [1.165, 1.54) is 31.3 Å². The van der Waals surface area contributed by atoms with Crippen LogP contribution in [0.3, 0.4) is 0 Å². The first-order valence-electron chi connectivity index (χ1n) is 10.8. The molecule has 0 spiro atoms. The highest BCUT2D eigenvalue weighted by Gasteiger charge is 2.47. The minimum atomic E-state index is -1.03. The number of halogens is 1. The molecular weight excluding hydrogens is 470 g/mol. The minimum absolute atomic E-state index is 0.127. The topological polar surface area (TPSA) is 96.3 Å². The van der Waals surface area contributed by atoms with Crippen LogP contribution >= 0.6 is 11.6 Å². The Hall–Kier alpha value is -3.97. The first-order chi connectivity index (χ1) is 16.7. The number of aliphatic hydroxyl groups excluding tert-OH is 1. The number of phenolic OH excluding ortho intramolecular Hbond substituents is 1. The average Bonchev–Trinajstić information content (AvgIpc) is 3.09. The van der Waals surface area contributed by atoms with E-state index in [0.29, 0.717) is 27.6 Å². The lowest BCUT2D eigenvalue weighted by Crippen LogP contribution is -2.29. The number of carbonyl (C=O) groups excluding carboxylic acids is 2. The predicted molar refractivity (Wildman–Crippen MR) is 133 cm³/mol. The second-order valence-corrected chi connectivity index (χ2v) is 8.68. The van der Waals surface area contributed by atoms with Gasteiger partial charge in [0.25, 0.3) is 11.7 Å². The molecule has 0 aromatic heterocycles. The monoisotopic (exact) mass is 493 g/mol. The van der Waals surface area contributed by atoms with Gasteiger partial charge in [0.05, 0.1) is 31.4 Å². The molecule has 1 amide bonds. The molecule has 1 atom stereocenters. The molecule has 0 aliphatic carbocycles. The molecule has 0 bridgehead atoms. The summed E-state index contributed by atoms with van der Waals surface area (Å²) in [6.45, 7) is 3.68. The van der Waals surface area contributed by atoms with E-state index in [4.69, 9.17) is 21.1 Å². The molecule has 7 nitrogen and oxygen atoms in total. The van der Waals surface area contributed by atoms with Crippen molar-refractivity contribution < 1.29 is 29.3 Å². The van der Waals surface area contributed by atoms with E-state index in [-0.39, 0.29) is 22.8 Å². The summed E-state index contributed by atoms with van der Waals surface area (Å²) < 4.78 is 10.7. The fourth-order valence-corrected chi connectivity index (χ4v) is 4.57. The highest BCUT2D eigenvalue weighted by atomic mass is 35.5. The predicted octanol–water partition coefficient (Wildman–Crippen LogP) is 5.31. The summed E-state index contributed by atoms with van der Waals surface area (Å²) in [5.41, 5.74) is 2.58. The van der Waals surface area contributed by atoms with Gasteiger partial charge in [-0.2, -0.15) is 0 Å². The van der Waals surface area contributed by atoms with E-state index in [0.717, 1.165) is 11.1 Å². The summed E-state index contributed by atoms with van der Waals surface area (Å²) in [5.74, 6) is -1.61. The summed E-state index contributed by atoms with van der Waals surface area (Å²) in [4.78, 5) is 27.9. The van der Waals surface area contributed by atoms with Crippen LogP contribution in [0, 0.1) is 13.8 Å². The van der Waals surface area contributed by atoms with Gasteiger partial charge in [-0.05, 0) is 73.0 Å². The Bertz CT molecular complexity index is 1360. The van der Waals surface area contributed by atoms with Gasteiger partial charge in [0.1, 0.15) is 11.5 Å². The van der Waals surface area contributed by atoms with Crippen molar-refractivity contribution >= 4 is 34.7 Å². The lowest BCUT2D eigenvalue weighted by Gasteiger charge is -2.26. The second-order valence-electron chi connectivity index (χ2n) is 8.24. The third-order valence-corrected chi connectivity index (χ3v) is 6.20. The number of benzene rings is 3. The van der Waals surface area contributed by atoms with Gasteiger partial charge in [0.15, 0.2) is 11.5 Å². The molecule has 3 aromatic rings. The summed E-state index contributed by atoms with van der Waals surface area (Å²) in [6, 6.07) is 13.6. The van der Waals surface area contributed by atoms with Gasteiger partial charge in [0.2, 0.25) is 0 Å². The van der Waals surface area contributed by atoms with Crippen LogP contribution in [0.1, 0.15) is 28.3 Å². The SMILES string of the molecule is COc1ccc(C2/C(=C(\O)c3cc(C)cc(C)c3OC)C(=O)C(=O)N2c2ccc(Cl)cc2)cc1O. The van der Waals surface area contributed by atoms with Crippen LogP contribution in [-0.2, 0) is 9.59 Å². The van der Waals surface area contributed by atoms with Gasteiger partial charge in [0, 0.05) is 10.7 Å². The van der Waals surface area contributed by atoms with Crippen LogP contribution in [0.15, 0.2) is 60.2 Å². The Kier molecular flexibility index (Phi) is 6.45. The summed E-state index contributed by atoms with van der Waals surface area (Å²) in [7, 11) is 2.89. The van der Waals surface area contributed by atoms with Crippen molar-refractivity contribution in [3.63, 3.8) is 0 Å². The van der Waals surface area contributed by atoms with Crippen LogP contribution in [0.5, 0.6) is 17.2 Å². The van der Waals surface area contributed by atoms with E-state index >= 15 is 0 Å². The molecule has 4 rings (SSSR count). The van der Waals surface area contributed by atoms with Gasteiger partial charge in [-0.25, -0.2) is 0 Å². The van der Waals surface area contributed by atoms with Crippen molar-refractivity contribution in [1.82, 2.24) is 0 Å². The summed E-state index contributed by atoms with van der Waals surface area (Å²) >= 11 is 6.03. The highest BCUT2D eigenvalue weighted by Crippen LogP contribution is 2.45. The van der Waals surface area contributed by atoms with Crippen LogP contribution in [0.25, 0.3) is 5.76 Å². The first-order valence-corrected chi connectivity index (χ1v) is 11.1. The Morgan fingerprint density at radius 1 is 0.971 bits per heavy atom. The van der Waals surface area contributed by atoms with Crippen molar-refractivity contribution in [2.75, 3.05) is 19.1 Å². The number of phenols is 1. The van der Waals surface area contributed by atoms with E-state index in [2.05, 4.69) is 0 Å². The van der Waals surface area contributed by atoms with Crippen LogP contribution in [-0.4, -0.2) is 36.1 Å². The smallest absolute Gasteiger partial charge is 0.300 e. The van der Waals surface area contributed by atoms with Crippen molar-refractivity contribution in [3.05, 3.63) is 87.4 Å². The zero-order chi connectivity index (χ0) is 25.4. The lowest BCUT2D eigenvalue weighted by molar-refractivity contribution is -0.132. The first kappa shape index (κ1) is 24.2. The van der Waals surface area contributed by atoms with Crippen molar-refractivity contribution in [1.29, 1.82) is 0 Å². The highest BCUT2D eigenvalue weighted by molar-refractivity contribution is 6.51. The summed E-state index contributed by atoms with van der Waals surface area (Å²) in [5, 5.41) is 22.4. The minimum Gasteiger partial charge on any atom is -0.507 e. The number of methoxy groups -OCH3 is 2. The standard InChI is InChI=1S/C27H24ClNO6/c1-14-11-15(2)26(35-4)19(12-14)24(31)22-23(16-5-10-21(34-3)20(30)13-16)29(27(33)25(22)32)18-8-6-17(28)7-9-18/h5-13,23,30-31H,1-4H3/b24-22+. The Morgan fingerprint density at radius 3 is 2.26 bits per heavy atom. The molecule has 1 fully saturated rings. The molecular formula is C27H24ClNO6. The van der Waals surface area contributed by atoms with Gasteiger partial charge in [-0.1, -0.05) is 23.7 Å². The number of ketones is 1. The van der Waals surface area contributed by atoms with Crippen LogP contribution in [0.4, 0.5) is 5.69 Å². The molecule has 1 aliphatic rings. The number of amides is 1. The molecule has 2 N–H and O–H groups in total. The fraction of sp³-hybridized carbons (Fsp3) is 0.185. The Morgan fingerprint density at radius 2 is 1.66 bits per heavy atom. The number of Topliss-reactive ketones (excluding diaryl/α,β-unsaturated/α-hetero) is 1. The lowest BCUT2D eigenvalue weighted by atomic mass is 9.93. The number of hydrogen-bond acceptors (Lipinski definition) is 6. The molecule has 0 radical (unpaired) electrons. The zero-order valence-electron chi connectivity index (χ0n) is 19.6. The van der Waals surface area contributed by atoms with Gasteiger partial charge >= 0.3 is 0 Å². The number of aromatic hydroxyl groups is 1. The van der Waals surface area contributed by atoms with Gasteiger partial charge in [-0.3, -0.25) is 14.5 Å². The maximum absolute atomic E-state index is 13.4. The Balaban J connectivity index is 2.01. The number of nitrogens with zero attached hydrogens (tertiary/aromatic N) is 1. The van der Waals surface area contributed by atoms with Gasteiger partial charge < -0.3 is 19.7 Å². The van der Waals surface area contributed by atoms with Crippen LogP contribution in [0.2, 0.25) is 5.02 Å². The number of carbonyl (C=O) groups is 2. The van der Waals surface area contributed by atoms with Crippen molar-refractivity contribution in [2.24, 2.45) is 0 Å². The fourth-order valence-electron chi connectivity index (χ4n) is 4.44. The maximum atomic E-state index is 13.4. The van der Waals surface area contributed by atoms with E-state index < -0.39 is 17.7 Å². The number of anilines is 1. The molecule has 180 valence electrons. The van der Waals surface area contributed by atoms with E-state index in [1.807, 2.05) is 19.9 Å². The Labute approximate surface area is 207 Å². The number of aliphatic hydroxyl groups is 1. The molecule has 1 saturated heterocycles.